The molecule has 3 heteroatoms. The standard InChI is InChI=1S/C126H101NO2/c1-8-10-12-14-30-66-124(67-31-15-13-11-9-2)100-39-23-16-32-85(100)92-61-54-81(70-109(92)124)80-53-60-91-90-59-52-79(68-106(90)122(4,5)107(91)69-80)77-50-55-82(56-51-77)127(83-58-63-94-108(71-83)123(6,7)113-73-97(78-48-46-76(3)47-49-78)121-120(117(94)113)96-38-22-29-45-115(96)129-121)84-57-62-93-98-74-112-99(75-111(98)126(110(93)72-84)103-42-26-19-35-88(103)89-36-20-27-43-104(89)126)118-105(64-65-116-119(118)95-37-21-28-44-114(95)128-116)125(112)101-40-24-17-33-86(101)87-34-18-25-41-102(87)125/h16-29,32-65,68-75H,8-15,30-31,66-67H2,1-7H3. The summed E-state index contributed by atoms with van der Waals surface area (Å²) in [7, 11) is 0. The van der Waals surface area contributed by atoms with E-state index < -0.39 is 16.2 Å². The number of hydrogen-bond acceptors (Lipinski definition) is 3. The van der Waals surface area contributed by atoms with E-state index in [1.807, 2.05) is 0 Å². The third kappa shape index (κ3) is 10.5. The summed E-state index contributed by atoms with van der Waals surface area (Å²) >= 11 is 0. The van der Waals surface area contributed by atoms with Gasteiger partial charge in [-0.05, 0) is 294 Å². The Bertz CT molecular complexity index is 7880. The highest BCUT2D eigenvalue weighted by Crippen LogP contribution is 2.71. The fourth-order valence-corrected chi connectivity index (χ4v) is 26.1. The minimum atomic E-state index is -0.730. The van der Waals surface area contributed by atoms with E-state index in [1.54, 1.807) is 11.1 Å². The fraction of sp³-hybridized carbons (Fsp3) is 0.190. The number of fused-ring (bicyclic) bond motifs is 37. The molecule has 19 aromatic rings. The Morgan fingerprint density at radius 2 is 0.628 bits per heavy atom. The summed E-state index contributed by atoms with van der Waals surface area (Å²) in [6.07, 6.45) is 15.3. The van der Waals surface area contributed by atoms with Gasteiger partial charge in [-0.2, -0.15) is 0 Å². The van der Waals surface area contributed by atoms with Crippen molar-refractivity contribution in [2.75, 3.05) is 4.90 Å². The van der Waals surface area contributed by atoms with E-state index in [2.05, 4.69) is 393 Å². The maximum Gasteiger partial charge on any atom is 0.143 e. The molecule has 7 aliphatic rings. The molecule has 0 amide bonds. The number of furan rings is 2. The summed E-state index contributed by atoms with van der Waals surface area (Å²) in [4.78, 5) is 2.58. The second kappa shape index (κ2) is 28.3. The Morgan fingerprint density at radius 3 is 1.22 bits per heavy atom. The lowest BCUT2D eigenvalue weighted by Gasteiger charge is -2.33. The van der Waals surface area contributed by atoms with Gasteiger partial charge in [0.2, 0.25) is 0 Å². The third-order valence-electron chi connectivity index (χ3n) is 32.1. The first-order valence-corrected chi connectivity index (χ1v) is 47.6. The van der Waals surface area contributed by atoms with E-state index >= 15 is 0 Å². The molecule has 2 spiro atoms. The van der Waals surface area contributed by atoms with Crippen molar-refractivity contribution in [3.05, 3.63) is 423 Å². The largest absolute Gasteiger partial charge is 0.456 e. The lowest BCUT2D eigenvalue weighted by Crippen LogP contribution is -2.27. The predicted molar refractivity (Wildman–Crippen MR) is 537 cm³/mol. The Morgan fingerprint density at radius 1 is 0.240 bits per heavy atom. The summed E-state index contributed by atoms with van der Waals surface area (Å²) in [5.41, 5.74) is 50.5. The molecule has 0 radical (unpaired) electrons. The van der Waals surface area contributed by atoms with E-state index in [0.29, 0.717) is 0 Å². The molecule has 0 saturated carbocycles. The normalized spacial score (nSPS) is 15.2. The number of benzene rings is 17. The first-order valence-electron chi connectivity index (χ1n) is 47.6. The summed E-state index contributed by atoms with van der Waals surface area (Å²) in [5.74, 6) is 0. The van der Waals surface area contributed by atoms with E-state index in [4.69, 9.17) is 8.83 Å². The van der Waals surface area contributed by atoms with Gasteiger partial charge in [-0.3, -0.25) is 0 Å². The van der Waals surface area contributed by atoms with Crippen molar-refractivity contribution in [3.8, 4) is 111 Å². The zero-order valence-electron chi connectivity index (χ0n) is 74.6. The van der Waals surface area contributed by atoms with Gasteiger partial charge in [-0.15, -0.1) is 0 Å². The van der Waals surface area contributed by atoms with E-state index in [0.717, 1.165) is 61.3 Å². The predicted octanol–water partition coefficient (Wildman–Crippen LogP) is 34.6. The van der Waals surface area contributed by atoms with Crippen molar-refractivity contribution in [2.45, 2.75) is 153 Å². The van der Waals surface area contributed by atoms with Crippen LogP contribution in [0.2, 0.25) is 0 Å². The number of anilines is 3. The van der Waals surface area contributed by atoms with Gasteiger partial charge in [-0.1, -0.05) is 360 Å². The minimum absolute atomic E-state index is 0.0178. The SMILES string of the molecule is CCCCCCCC1(CCCCCCC)c2ccccc2-c2ccc(-c3ccc4c(c3)C(C)(C)c3cc(-c5ccc(N(c6ccc7c(c6)C(C)(C)c6cc(-c8ccc(C)cc8)c8oc9ccccc9c8c6-7)c6ccc7c(c6)C6(c8ccccc8-c8ccccc86)c6cc8c(cc6-7)C6(c7ccccc7-c7ccccc76)c6ccc7oc9ccccc9c7c6-8)cc5)ccc3-4)cc21. The first kappa shape index (κ1) is 76.4. The van der Waals surface area contributed by atoms with Crippen molar-refractivity contribution in [2.24, 2.45) is 0 Å². The molecule has 0 aliphatic heterocycles. The Hall–Kier alpha value is -13.9. The van der Waals surface area contributed by atoms with Crippen molar-refractivity contribution in [1.29, 1.82) is 0 Å². The van der Waals surface area contributed by atoms with Gasteiger partial charge < -0.3 is 13.7 Å². The van der Waals surface area contributed by atoms with E-state index in [-0.39, 0.29) is 10.8 Å². The van der Waals surface area contributed by atoms with Gasteiger partial charge >= 0.3 is 0 Å². The summed E-state index contributed by atoms with van der Waals surface area (Å²) in [5, 5.41) is 4.62. The number of aryl methyl sites for hydroxylation is 1. The third-order valence-corrected chi connectivity index (χ3v) is 32.1. The first-order chi connectivity index (χ1) is 63.3. The molecule has 3 nitrogen and oxygen atoms in total. The highest BCUT2D eigenvalue weighted by molar-refractivity contribution is 6.20. The van der Waals surface area contributed by atoms with Gasteiger partial charge in [0.05, 0.1) is 10.8 Å². The van der Waals surface area contributed by atoms with Crippen LogP contribution in [0.5, 0.6) is 0 Å². The smallest absolute Gasteiger partial charge is 0.143 e. The number of nitrogens with zero attached hydrogens (tertiary/aromatic N) is 1. The van der Waals surface area contributed by atoms with Crippen LogP contribution in [-0.2, 0) is 27.1 Å². The van der Waals surface area contributed by atoms with Gasteiger partial charge in [0, 0.05) is 60.4 Å². The fourth-order valence-electron chi connectivity index (χ4n) is 26.1. The molecule has 2 heterocycles. The monoisotopic (exact) mass is 1660 g/mol. The van der Waals surface area contributed by atoms with Gasteiger partial charge in [-0.25, -0.2) is 0 Å². The molecule has 129 heavy (non-hydrogen) atoms. The van der Waals surface area contributed by atoms with Crippen LogP contribution in [0.1, 0.15) is 202 Å². The van der Waals surface area contributed by atoms with Crippen LogP contribution < -0.4 is 4.90 Å². The van der Waals surface area contributed by atoms with Crippen LogP contribution in [0.4, 0.5) is 17.1 Å². The highest BCUT2D eigenvalue weighted by atomic mass is 16.3. The molecule has 0 bridgehead atoms. The highest BCUT2D eigenvalue weighted by Gasteiger charge is 2.58. The Kier molecular flexibility index (Phi) is 16.8. The molecule has 0 saturated heterocycles. The van der Waals surface area contributed by atoms with Gasteiger partial charge in [0.15, 0.2) is 0 Å². The molecular weight excluding hydrogens is 1560 g/mol. The number of hydrogen-bond donors (Lipinski definition) is 0. The quantitative estimate of drug-likeness (QED) is 0.0802. The van der Waals surface area contributed by atoms with Crippen molar-refractivity contribution >= 4 is 60.9 Å². The zero-order chi connectivity index (χ0) is 86.1. The number of unbranched alkanes of at least 4 members (excludes halogenated alkanes) is 8. The average molecular weight is 1660 g/mol. The second-order valence-corrected chi connectivity index (χ2v) is 39.4. The zero-order valence-corrected chi connectivity index (χ0v) is 74.6. The Balaban J connectivity index is 0.634. The lowest BCUT2D eigenvalue weighted by molar-refractivity contribution is 0.399. The molecular formula is C126H101NO2. The van der Waals surface area contributed by atoms with Crippen LogP contribution in [0, 0.1) is 6.92 Å². The molecule has 622 valence electrons. The average Bonchev–Trinajstić information content (AvgIpc) is 1.48. The van der Waals surface area contributed by atoms with Crippen LogP contribution in [0.15, 0.2) is 349 Å². The number of rotatable bonds is 18. The second-order valence-electron chi connectivity index (χ2n) is 39.4. The van der Waals surface area contributed by atoms with E-state index in [1.165, 1.54) is 260 Å². The van der Waals surface area contributed by atoms with Gasteiger partial charge in [0.1, 0.15) is 22.3 Å². The maximum atomic E-state index is 7.07. The molecule has 17 aromatic carbocycles. The van der Waals surface area contributed by atoms with Crippen molar-refractivity contribution in [1.82, 2.24) is 0 Å². The van der Waals surface area contributed by atoms with E-state index in [9.17, 15) is 0 Å². The minimum Gasteiger partial charge on any atom is -0.456 e. The van der Waals surface area contributed by atoms with Crippen LogP contribution in [0.25, 0.3) is 155 Å². The molecule has 2 aromatic heterocycles. The van der Waals surface area contributed by atoms with Crippen LogP contribution in [0.3, 0.4) is 0 Å². The maximum absolute atomic E-state index is 7.07. The molecule has 0 unspecified atom stereocenters. The molecule has 0 atom stereocenters. The van der Waals surface area contributed by atoms with Crippen molar-refractivity contribution < 1.29 is 8.83 Å². The summed E-state index contributed by atoms with van der Waals surface area (Å²) in [6, 6.07) is 132. The topological polar surface area (TPSA) is 29.5 Å². The van der Waals surface area contributed by atoms with Crippen molar-refractivity contribution in [3.63, 3.8) is 0 Å². The summed E-state index contributed by atoms with van der Waals surface area (Å²) < 4.78 is 14.0. The molecule has 7 aliphatic carbocycles. The summed E-state index contributed by atoms with van der Waals surface area (Å²) in [6.45, 7) is 16.7. The molecule has 0 N–H and O–H groups in total. The number of para-hydroxylation sites is 2. The molecule has 26 rings (SSSR count). The Labute approximate surface area is 756 Å². The lowest BCUT2D eigenvalue weighted by atomic mass is 9.68. The molecule has 0 fully saturated rings. The van der Waals surface area contributed by atoms with Gasteiger partial charge in [0.25, 0.3) is 0 Å². The van der Waals surface area contributed by atoms with Crippen LogP contribution >= 0.6 is 0 Å². The van der Waals surface area contributed by atoms with Crippen LogP contribution in [-0.4, -0.2) is 0 Å².